The molecule has 0 spiro atoms. The summed E-state index contributed by atoms with van der Waals surface area (Å²) in [6.45, 7) is 4.44. The maximum atomic E-state index is 12.8. The second-order valence-electron chi connectivity index (χ2n) is 8.22. The maximum absolute atomic E-state index is 12.8. The van der Waals surface area contributed by atoms with E-state index in [1.165, 1.54) is 35.6 Å². The number of nitrogens with zero attached hydrogens (tertiary/aromatic N) is 2. The van der Waals surface area contributed by atoms with Crippen LogP contribution in [0, 0.1) is 0 Å². The van der Waals surface area contributed by atoms with E-state index in [0.29, 0.717) is 23.4 Å². The summed E-state index contributed by atoms with van der Waals surface area (Å²) in [6, 6.07) is 13.6. The second kappa shape index (κ2) is 9.80. The van der Waals surface area contributed by atoms with Gasteiger partial charge < -0.3 is 16.0 Å². The van der Waals surface area contributed by atoms with Crippen molar-refractivity contribution in [1.82, 2.24) is 9.47 Å². The Morgan fingerprint density at radius 1 is 0.939 bits per heavy atom. The minimum Gasteiger partial charge on any atom is -0.383 e. The summed E-state index contributed by atoms with van der Waals surface area (Å²) in [5.41, 5.74) is 8.62. The summed E-state index contributed by atoms with van der Waals surface area (Å²) in [6.07, 6.45) is -0.242. The van der Waals surface area contributed by atoms with Crippen LogP contribution in [0.4, 0.5) is 18.9 Å². The van der Waals surface area contributed by atoms with Gasteiger partial charge in [0.2, 0.25) is 0 Å². The summed E-state index contributed by atoms with van der Waals surface area (Å²) in [7, 11) is 0. The number of likely N-dealkylation sites (tertiary alicyclic amines) is 1. The van der Waals surface area contributed by atoms with Crippen LogP contribution < -0.4 is 16.6 Å². The van der Waals surface area contributed by atoms with Crippen LogP contribution in [0.5, 0.6) is 0 Å². The van der Waals surface area contributed by atoms with E-state index >= 15 is 0 Å². The van der Waals surface area contributed by atoms with Crippen molar-refractivity contribution < 1.29 is 13.2 Å². The predicted octanol–water partition coefficient (Wildman–Crippen LogP) is 4.49. The molecular formula is C25H27F3N4O. The minimum absolute atomic E-state index is 0.273. The molecule has 0 radical (unpaired) electrons. The molecule has 1 aliphatic rings. The lowest BCUT2D eigenvalue weighted by Crippen LogP contribution is -2.26. The number of halogens is 3. The highest BCUT2D eigenvalue weighted by atomic mass is 19.4. The second-order valence-corrected chi connectivity index (χ2v) is 8.22. The molecule has 2 heterocycles. The van der Waals surface area contributed by atoms with Gasteiger partial charge in [0.25, 0.3) is 5.56 Å². The van der Waals surface area contributed by atoms with Gasteiger partial charge in [-0.1, -0.05) is 12.1 Å². The average Bonchev–Trinajstić information content (AvgIpc) is 3.32. The number of pyridine rings is 1. The SMILES string of the molecule is NCc1cc(-n2ccc(-c3ccc(C(F)(F)F)cc3)cc2=O)ccc1NCCN1CCCC1. The molecule has 0 atom stereocenters. The lowest BCUT2D eigenvalue weighted by molar-refractivity contribution is -0.137. The molecule has 0 unspecified atom stereocenters. The largest absolute Gasteiger partial charge is 0.416 e. The summed E-state index contributed by atoms with van der Waals surface area (Å²) < 4.78 is 39.9. The standard InChI is InChI=1S/C25H27F3N4O/c26-25(27,28)21-5-3-18(4-6-21)19-9-13-32(24(33)16-19)22-7-8-23(20(15-22)17-29)30-10-14-31-11-1-2-12-31/h3-9,13,15-16,30H,1-2,10-12,14,17,29H2. The third-order valence-corrected chi connectivity index (χ3v) is 5.99. The van der Waals surface area contributed by atoms with E-state index in [1.807, 2.05) is 18.2 Å². The van der Waals surface area contributed by atoms with Gasteiger partial charge in [-0.25, -0.2) is 0 Å². The van der Waals surface area contributed by atoms with Crippen LogP contribution >= 0.6 is 0 Å². The van der Waals surface area contributed by atoms with Gasteiger partial charge >= 0.3 is 6.18 Å². The summed E-state index contributed by atoms with van der Waals surface area (Å²) in [4.78, 5) is 15.2. The molecule has 2 aromatic carbocycles. The van der Waals surface area contributed by atoms with Crippen LogP contribution in [0.25, 0.3) is 16.8 Å². The number of anilines is 1. The lowest BCUT2D eigenvalue weighted by Gasteiger charge is -2.17. The molecule has 1 saturated heterocycles. The number of alkyl halides is 3. The van der Waals surface area contributed by atoms with Crippen molar-refractivity contribution >= 4 is 5.69 Å². The van der Waals surface area contributed by atoms with Gasteiger partial charge in [-0.3, -0.25) is 9.36 Å². The number of aromatic nitrogens is 1. The smallest absolute Gasteiger partial charge is 0.383 e. The molecule has 1 fully saturated rings. The van der Waals surface area contributed by atoms with E-state index in [2.05, 4.69) is 10.2 Å². The number of hydrogen-bond donors (Lipinski definition) is 2. The molecule has 3 N–H and O–H groups in total. The maximum Gasteiger partial charge on any atom is 0.416 e. The highest BCUT2D eigenvalue weighted by Gasteiger charge is 2.30. The lowest BCUT2D eigenvalue weighted by atomic mass is 10.0. The van der Waals surface area contributed by atoms with Crippen molar-refractivity contribution in [3.8, 4) is 16.8 Å². The van der Waals surface area contributed by atoms with E-state index in [0.717, 1.165) is 49.6 Å². The van der Waals surface area contributed by atoms with Gasteiger partial charge in [0.1, 0.15) is 0 Å². The normalized spacial score (nSPS) is 14.5. The molecule has 8 heteroatoms. The van der Waals surface area contributed by atoms with Gasteiger partial charge in [0.15, 0.2) is 0 Å². The number of rotatable bonds is 7. The summed E-state index contributed by atoms with van der Waals surface area (Å²) >= 11 is 0. The van der Waals surface area contributed by atoms with Gasteiger partial charge in [-0.05, 0) is 79.0 Å². The Labute approximate surface area is 190 Å². The quantitative estimate of drug-likeness (QED) is 0.550. The predicted molar refractivity (Wildman–Crippen MR) is 125 cm³/mol. The highest BCUT2D eigenvalue weighted by Crippen LogP contribution is 2.30. The van der Waals surface area contributed by atoms with Crippen LogP contribution in [-0.2, 0) is 12.7 Å². The molecule has 1 aliphatic heterocycles. The van der Waals surface area contributed by atoms with Crippen LogP contribution in [0.1, 0.15) is 24.0 Å². The van der Waals surface area contributed by atoms with Crippen LogP contribution in [0.15, 0.2) is 65.6 Å². The fraction of sp³-hybridized carbons (Fsp3) is 0.320. The minimum atomic E-state index is -4.39. The zero-order valence-corrected chi connectivity index (χ0v) is 18.2. The fourth-order valence-electron chi connectivity index (χ4n) is 4.15. The van der Waals surface area contributed by atoms with Crippen LogP contribution in [0.3, 0.4) is 0 Å². The van der Waals surface area contributed by atoms with E-state index < -0.39 is 11.7 Å². The molecule has 1 aromatic heterocycles. The Kier molecular flexibility index (Phi) is 6.85. The topological polar surface area (TPSA) is 63.3 Å². The Bertz CT molecular complexity index is 1150. The zero-order valence-electron chi connectivity index (χ0n) is 18.2. The Morgan fingerprint density at radius 3 is 2.30 bits per heavy atom. The molecule has 5 nitrogen and oxygen atoms in total. The summed E-state index contributed by atoms with van der Waals surface area (Å²) in [5.74, 6) is 0. The summed E-state index contributed by atoms with van der Waals surface area (Å²) in [5, 5.41) is 3.44. The van der Waals surface area contributed by atoms with E-state index in [9.17, 15) is 18.0 Å². The molecule has 3 aromatic rings. The number of benzene rings is 2. The zero-order chi connectivity index (χ0) is 23.4. The molecule has 174 valence electrons. The number of hydrogen-bond acceptors (Lipinski definition) is 4. The van der Waals surface area contributed by atoms with Crippen LogP contribution in [0.2, 0.25) is 0 Å². The molecular weight excluding hydrogens is 429 g/mol. The average molecular weight is 457 g/mol. The Hall–Kier alpha value is -3.10. The molecule has 0 amide bonds. The Balaban J connectivity index is 1.50. The first-order valence-electron chi connectivity index (χ1n) is 11.0. The first-order chi connectivity index (χ1) is 15.8. The molecule has 0 saturated carbocycles. The van der Waals surface area contributed by atoms with Gasteiger partial charge in [-0.2, -0.15) is 13.2 Å². The highest BCUT2D eigenvalue weighted by molar-refractivity contribution is 5.64. The number of nitrogens with two attached hydrogens (primary N) is 1. The first-order valence-corrected chi connectivity index (χ1v) is 11.0. The molecule has 0 aliphatic carbocycles. The monoisotopic (exact) mass is 456 g/mol. The van der Waals surface area contributed by atoms with Gasteiger partial charge in [-0.15, -0.1) is 0 Å². The van der Waals surface area contributed by atoms with E-state index in [1.54, 1.807) is 12.3 Å². The van der Waals surface area contributed by atoms with Crippen molar-refractivity contribution in [2.45, 2.75) is 25.6 Å². The van der Waals surface area contributed by atoms with Crippen molar-refractivity contribution in [3.63, 3.8) is 0 Å². The van der Waals surface area contributed by atoms with Crippen LogP contribution in [-0.4, -0.2) is 35.6 Å². The van der Waals surface area contributed by atoms with Crippen molar-refractivity contribution in [3.05, 3.63) is 82.3 Å². The molecule has 0 bridgehead atoms. The fourth-order valence-corrected chi connectivity index (χ4v) is 4.15. The third kappa shape index (κ3) is 5.46. The van der Waals surface area contributed by atoms with Crippen molar-refractivity contribution in [2.24, 2.45) is 5.73 Å². The van der Waals surface area contributed by atoms with Gasteiger partial charge in [0, 0.05) is 43.3 Å². The number of nitrogens with one attached hydrogen (secondary N) is 1. The Morgan fingerprint density at radius 2 is 1.67 bits per heavy atom. The molecule has 33 heavy (non-hydrogen) atoms. The van der Waals surface area contributed by atoms with E-state index in [-0.39, 0.29) is 5.56 Å². The first kappa shape index (κ1) is 23.1. The van der Waals surface area contributed by atoms with Crippen molar-refractivity contribution in [1.29, 1.82) is 0 Å². The van der Waals surface area contributed by atoms with Gasteiger partial charge in [0.05, 0.1) is 5.56 Å². The van der Waals surface area contributed by atoms with Crippen molar-refractivity contribution in [2.75, 3.05) is 31.5 Å². The third-order valence-electron chi connectivity index (χ3n) is 5.99. The van der Waals surface area contributed by atoms with E-state index in [4.69, 9.17) is 5.73 Å². The molecule has 4 rings (SSSR count).